The number of hydrogen-bond donors (Lipinski definition) is 0. The fraction of sp³-hybridized carbons (Fsp3) is 0.880. The third kappa shape index (κ3) is 7.89. The molecule has 0 aliphatic heterocycles. The Balaban J connectivity index is 5.32. The molecule has 0 aromatic carbocycles. The summed E-state index contributed by atoms with van der Waals surface area (Å²) in [7, 11) is 0. The Morgan fingerprint density at radius 1 is 0.893 bits per heavy atom. The molecular formula is C25H48O3. The topological polar surface area (TPSA) is 35.5 Å². The highest BCUT2D eigenvalue weighted by molar-refractivity contribution is 5.78. The Morgan fingerprint density at radius 2 is 1.43 bits per heavy atom. The lowest BCUT2D eigenvalue weighted by Gasteiger charge is -2.47. The number of carbonyl (C=O) groups excluding carboxylic acids is 1. The molecule has 0 saturated heterocycles. The Kier molecular flexibility index (Phi) is 9.49. The molecule has 3 nitrogen and oxygen atoms in total. The first-order valence-corrected chi connectivity index (χ1v) is 11.0. The fourth-order valence-electron chi connectivity index (χ4n) is 3.45. The molecule has 0 aliphatic rings. The smallest absolute Gasteiger partial charge is 0.312 e. The van der Waals surface area contributed by atoms with Crippen LogP contribution in [0.3, 0.4) is 0 Å². The molecule has 0 amide bonds. The van der Waals surface area contributed by atoms with E-state index in [-0.39, 0.29) is 22.4 Å². The van der Waals surface area contributed by atoms with E-state index in [1.165, 1.54) is 0 Å². The number of esters is 1. The van der Waals surface area contributed by atoms with E-state index >= 15 is 0 Å². The maximum atomic E-state index is 13.5. The van der Waals surface area contributed by atoms with Crippen LogP contribution < -0.4 is 0 Å². The molecule has 0 aromatic heterocycles. The van der Waals surface area contributed by atoms with E-state index in [0.29, 0.717) is 13.0 Å². The van der Waals surface area contributed by atoms with Crippen molar-refractivity contribution in [2.75, 3.05) is 6.61 Å². The lowest BCUT2D eigenvalue weighted by atomic mass is 9.58. The van der Waals surface area contributed by atoms with Gasteiger partial charge in [0.2, 0.25) is 0 Å². The van der Waals surface area contributed by atoms with Crippen molar-refractivity contribution in [3.8, 4) is 0 Å². The largest absolute Gasteiger partial charge is 0.459 e. The summed E-state index contributed by atoms with van der Waals surface area (Å²) in [5.41, 5.74) is -1.41. The quantitative estimate of drug-likeness (QED) is 0.241. The van der Waals surface area contributed by atoms with Crippen molar-refractivity contribution in [3.05, 3.63) is 12.7 Å². The van der Waals surface area contributed by atoms with Crippen molar-refractivity contribution < 1.29 is 14.3 Å². The van der Waals surface area contributed by atoms with E-state index in [1.807, 2.05) is 19.9 Å². The summed E-state index contributed by atoms with van der Waals surface area (Å²) in [5, 5.41) is 0. The molecule has 0 aromatic rings. The van der Waals surface area contributed by atoms with Gasteiger partial charge in [0, 0.05) is 6.42 Å². The predicted octanol–water partition coefficient (Wildman–Crippen LogP) is 7.34. The molecule has 0 fully saturated rings. The normalized spacial score (nSPS) is 15.8. The molecule has 0 radical (unpaired) electrons. The van der Waals surface area contributed by atoms with Crippen molar-refractivity contribution in [1.29, 1.82) is 0 Å². The summed E-state index contributed by atoms with van der Waals surface area (Å²) >= 11 is 0. The number of hydrogen-bond acceptors (Lipinski definition) is 3. The van der Waals surface area contributed by atoms with Gasteiger partial charge in [-0.3, -0.25) is 4.79 Å². The van der Waals surface area contributed by atoms with Crippen LogP contribution in [0.2, 0.25) is 0 Å². The van der Waals surface area contributed by atoms with Gasteiger partial charge in [0.15, 0.2) is 0 Å². The highest BCUT2D eigenvalue weighted by Crippen LogP contribution is 2.51. The van der Waals surface area contributed by atoms with Crippen LogP contribution >= 0.6 is 0 Å². The average molecular weight is 397 g/mol. The van der Waals surface area contributed by atoms with E-state index in [0.717, 1.165) is 25.7 Å². The number of rotatable bonds is 13. The maximum Gasteiger partial charge on any atom is 0.312 e. The highest BCUT2D eigenvalue weighted by Gasteiger charge is 2.50. The van der Waals surface area contributed by atoms with Gasteiger partial charge in [-0.05, 0) is 64.7 Å². The first kappa shape index (κ1) is 27.2. The zero-order chi connectivity index (χ0) is 22.4. The molecule has 0 bridgehead atoms. The molecule has 3 heteroatoms. The van der Waals surface area contributed by atoms with Crippen LogP contribution in [0, 0.1) is 16.2 Å². The van der Waals surface area contributed by atoms with Crippen LogP contribution in [0.1, 0.15) is 108 Å². The molecule has 1 unspecified atom stereocenters. The summed E-state index contributed by atoms with van der Waals surface area (Å²) in [6, 6.07) is 0. The Bertz CT molecular complexity index is 514. The Labute approximate surface area is 175 Å². The zero-order valence-corrected chi connectivity index (χ0v) is 20.8. The molecule has 166 valence electrons. The minimum Gasteiger partial charge on any atom is -0.459 e. The van der Waals surface area contributed by atoms with Gasteiger partial charge in [0.25, 0.3) is 0 Å². The van der Waals surface area contributed by atoms with E-state index < -0.39 is 11.0 Å². The molecule has 0 heterocycles. The zero-order valence-electron chi connectivity index (χ0n) is 20.8. The molecule has 0 aliphatic carbocycles. The number of carbonyl (C=O) groups is 1. The van der Waals surface area contributed by atoms with Crippen LogP contribution in [0.15, 0.2) is 12.7 Å². The van der Waals surface area contributed by atoms with Gasteiger partial charge in [0.05, 0.1) is 17.6 Å². The standard InChI is InChI=1S/C25H48O3/c1-13-16-23(8,9)27-18-17-24(10,11)28-20(26)25(12,22(6,7)15-3)19-21(4,5)14-2/h13H,1,14-19H2,2-12H3. The molecule has 0 rings (SSSR count). The van der Waals surface area contributed by atoms with Crippen LogP contribution in [0.25, 0.3) is 0 Å². The van der Waals surface area contributed by atoms with Gasteiger partial charge in [0.1, 0.15) is 5.60 Å². The minimum absolute atomic E-state index is 0.0855. The van der Waals surface area contributed by atoms with Crippen molar-refractivity contribution in [2.45, 2.75) is 119 Å². The summed E-state index contributed by atoms with van der Waals surface area (Å²) in [5.74, 6) is -0.0868. The van der Waals surface area contributed by atoms with Crippen LogP contribution in [-0.2, 0) is 14.3 Å². The van der Waals surface area contributed by atoms with Gasteiger partial charge in [-0.1, -0.05) is 54.0 Å². The molecule has 1 atom stereocenters. The monoisotopic (exact) mass is 396 g/mol. The van der Waals surface area contributed by atoms with Gasteiger partial charge < -0.3 is 9.47 Å². The van der Waals surface area contributed by atoms with Gasteiger partial charge in [-0.2, -0.15) is 0 Å². The van der Waals surface area contributed by atoms with Gasteiger partial charge in [-0.15, -0.1) is 6.58 Å². The second kappa shape index (κ2) is 9.78. The summed E-state index contributed by atoms with van der Waals surface area (Å²) < 4.78 is 12.1. The average Bonchev–Trinajstić information content (AvgIpc) is 2.53. The lowest BCUT2D eigenvalue weighted by molar-refractivity contribution is -0.181. The van der Waals surface area contributed by atoms with E-state index in [4.69, 9.17) is 9.47 Å². The molecule has 0 N–H and O–H groups in total. The SMILES string of the molecule is C=CCC(C)(C)OCCC(C)(C)OC(=O)C(C)(CC(C)(C)CC)C(C)(C)CC. The second-order valence-corrected chi connectivity index (χ2v) is 11.3. The molecule has 0 spiro atoms. The molecular weight excluding hydrogens is 348 g/mol. The van der Waals surface area contributed by atoms with Crippen molar-refractivity contribution >= 4 is 5.97 Å². The molecule has 0 saturated carbocycles. The van der Waals surface area contributed by atoms with Crippen LogP contribution in [0.5, 0.6) is 0 Å². The summed E-state index contributed by atoms with van der Waals surface area (Å²) in [6.07, 6.45) is 6.11. The first-order chi connectivity index (χ1) is 12.5. The third-order valence-electron chi connectivity index (χ3n) is 6.82. The number of ether oxygens (including phenoxy) is 2. The van der Waals surface area contributed by atoms with E-state index in [2.05, 4.69) is 68.9 Å². The first-order valence-electron chi connectivity index (χ1n) is 11.0. The van der Waals surface area contributed by atoms with Crippen LogP contribution in [0.4, 0.5) is 0 Å². The lowest BCUT2D eigenvalue weighted by Crippen LogP contribution is -2.48. The summed E-state index contributed by atoms with van der Waals surface area (Å²) in [6.45, 7) is 27.7. The molecule has 28 heavy (non-hydrogen) atoms. The minimum atomic E-state index is -0.567. The second-order valence-electron chi connectivity index (χ2n) is 11.3. The van der Waals surface area contributed by atoms with Gasteiger partial charge in [-0.25, -0.2) is 0 Å². The maximum absolute atomic E-state index is 13.5. The van der Waals surface area contributed by atoms with E-state index in [9.17, 15) is 4.79 Å². The van der Waals surface area contributed by atoms with Gasteiger partial charge >= 0.3 is 5.97 Å². The summed E-state index contributed by atoms with van der Waals surface area (Å²) in [4.78, 5) is 13.5. The Morgan fingerprint density at radius 3 is 1.86 bits per heavy atom. The van der Waals surface area contributed by atoms with Crippen LogP contribution in [-0.4, -0.2) is 23.8 Å². The van der Waals surface area contributed by atoms with Crippen molar-refractivity contribution in [3.63, 3.8) is 0 Å². The fourth-order valence-corrected chi connectivity index (χ4v) is 3.45. The van der Waals surface area contributed by atoms with E-state index in [1.54, 1.807) is 0 Å². The Hall–Kier alpha value is -0.830. The van der Waals surface area contributed by atoms with Crippen molar-refractivity contribution in [1.82, 2.24) is 0 Å². The predicted molar refractivity (Wildman–Crippen MR) is 121 cm³/mol. The highest BCUT2D eigenvalue weighted by atomic mass is 16.6. The van der Waals surface area contributed by atoms with Crippen molar-refractivity contribution in [2.24, 2.45) is 16.2 Å². The third-order valence-corrected chi connectivity index (χ3v) is 6.82.